The lowest BCUT2D eigenvalue weighted by atomic mass is 10.1. The van der Waals surface area contributed by atoms with Crippen molar-refractivity contribution in [2.24, 2.45) is 0 Å². The number of hydrogen-bond acceptors (Lipinski definition) is 3. The summed E-state index contributed by atoms with van der Waals surface area (Å²) in [5.41, 5.74) is 0. The van der Waals surface area contributed by atoms with Crippen LogP contribution >= 0.6 is 0 Å². The molecule has 0 aromatic carbocycles. The third-order valence-corrected chi connectivity index (χ3v) is 4.39. The Morgan fingerprint density at radius 1 is 1.39 bits per heavy atom. The van der Waals surface area contributed by atoms with E-state index in [4.69, 9.17) is 0 Å². The summed E-state index contributed by atoms with van der Waals surface area (Å²) >= 11 is 0. The molecule has 4 heteroatoms. The molecule has 0 aliphatic carbocycles. The summed E-state index contributed by atoms with van der Waals surface area (Å²) in [7, 11) is 0. The third-order valence-electron chi connectivity index (χ3n) is 4.39. The lowest BCUT2D eigenvalue weighted by molar-refractivity contribution is 0.297. The molecule has 2 saturated heterocycles. The van der Waals surface area contributed by atoms with Crippen molar-refractivity contribution >= 4 is 0 Å². The maximum absolute atomic E-state index is 4.47. The zero-order chi connectivity index (χ0) is 12.4. The minimum Gasteiger partial charge on any atom is -0.334 e. The highest BCUT2D eigenvalue weighted by Gasteiger charge is 2.36. The average Bonchev–Trinajstić information content (AvgIpc) is 3.03. The van der Waals surface area contributed by atoms with E-state index in [1.807, 2.05) is 6.20 Å². The SMILES string of the molecule is CCCn1ccnc1CNC1CCN2CCCC12. The van der Waals surface area contributed by atoms with Crippen LogP contribution < -0.4 is 5.32 Å². The Bertz CT molecular complexity index is 387. The van der Waals surface area contributed by atoms with E-state index in [9.17, 15) is 0 Å². The van der Waals surface area contributed by atoms with Crippen LogP contribution in [-0.2, 0) is 13.1 Å². The van der Waals surface area contributed by atoms with Crippen LogP contribution in [0.5, 0.6) is 0 Å². The van der Waals surface area contributed by atoms with Gasteiger partial charge in [0.2, 0.25) is 0 Å². The van der Waals surface area contributed by atoms with Gasteiger partial charge in [0.1, 0.15) is 5.82 Å². The predicted molar refractivity (Wildman–Crippen MR) is 72.4 cm³/mol. The molecule has 18 heavy (non-hydrogen) atoms. The minimum atomic E-state index is 0.680. The molecule has 0 amide bonds. The van der Waals surface area contributed by atoms with Crippen LogP contribution in [-0.4, -0.2) is 39.6 Å². The summed E-state index contributed by atoms with van der Waals surface area (Å²) < 4.78 is 2.27. The van der Waals surface area contributed by atoms with Gasteiger partial charge in [-0.2, -0.15) is 0 Å². The fourth-order valence-electron chi connectivity index (χ4n) is 3.49. The highest BCUT2D eigenvalue weighted by atomic mass is 15.2. The first-order valence-electron chi connectivity index (χ1n) is 7.36. The third kappa shape index (κ3) is 2.31. The van der Waals surface area contributed by atoms with Gasteiger partial charge in [0, 0.05) is 37.6 Å². The number of nitrogens with one attached hydrogen (secondary N) is 1. The molecule has 0 spiro atoms. The van der Waals surface area contributed by atoms with E-state index in [2.05, 4.69) is 32.9 Å². The van der Waals surface area contributed by atoms with Gasteiger partial charge in [-0.25, -0.2) is 4.98 Å². The summed E-state index contributed by atoms with van der Waals surface area (Å²) in [6.45, 7) is 6.81. The first-order chi connectivity index (χ1) is 8.88. The van der Waals surface area contributed by atoms with Gasteiger partial charge in [-0.3, -0.25) is 4.90 Å². The Morgan fingerprint density at radius 2 is 2.33 bits per heavy atom. The van der Waals surface area contributed by atoms with Gasteiger partial charge in [0.15, 0.2) is 0 Å². The van der Waals surface area contributed by atoms with Crippen molar-refractivity contribution in [2.75, 3.05) is 13.1 Å². The summed E-state index contributed by atoms with van der Waals surface area (Å²) in [5.74, 6) is 1.19. The second kappa shape index (κ2) is 5.41. The number of rotatable bonds is 5. The fourth-order valence-corrected chi connectivity index (χ4v) is 3.49. The minimum absolute atomic E-state index is 0.680. The molecule has 2 aliphatic rings. The van der Waals surface area contributed by atoms with Gasteiger partial charge in [-0.1, -0.05) is 6.92 Å². The van der Waals surface area contributed by atoms with Crippen LogP contribution in [0.15, 0.2) is 12.4 Å². The van der Waals surface area contributed by atoms with Gasteiger partial charge in [0.25, 0.3) is 0 Å². The Morgan fingerprint density at radius 3 is 3.22 bits per heavy atom. The molecule has 1 aromatic heterocycles. The predicted octanol–water partition coefficient (Wildman–Crippen LogP) is 1.62. The van der Waals surface area contributed by atoms with Crippen molar-refractivity contribution in [3.8, 4) is 0 Å². The van der Waals surface area contributed by atoms with Gasteiger partial charge >= 0.3 is 0 Å². The van der Waals surface area contributed by atoms with Crippen molar-refractivity contribution in [1.82, 2.24) is 19.8 Å². The first kappa shape index (κ1) is 12.2. The molecule has 1 aromatic rings. The van der Waals surface area contributed by atoms with Crippen LogP contribution in [0.25, 0.3) is 0 Å². The summed E-state index contributed by atoms with van der Waals surface area (Å²) in [6, 6.07) is 1.47. The van der Waals surface area contributed by atoms with E-state index in [1.54, 1.807) is 0 Å². The molecule has 0 radical (unpaired) electrons. The summed E-state index contributed by atoms with van der Waals surface area (Å²) in [6.07, 6.45) is 9.25. The Labute approximate surface area is 109 Å². The average molecular weight is 248 g/mol. The number of nitrogens with zero attached hydrogens (tertiary/aromatic N) is 3. The van der Waals surface area contributed by atoms with E-state index in [-0.39, 0.29) is 0 Å². The quantitative estimate of drug-likeness (QED) is 0.859. The van der Waals surface area contributed by atoms with Crippen molar-refractivity contribution in [3.05, 3.63) is 18.2 Å². The van der Waals surface area contributed by atoms with Crippen LogP contribution in [0.1, 0.15) is 38.4 Å². The largest absolute Gasteiger partial charge is 0.334 e. The Balaban J connectivity index is 1.56. The number of imidazole rings is 1. The van der Waals surface area contributed by atoms with Crippen molar-refractivity contribution < 1.29 is 0 Å². The number of aryl methyl sites for hydroxylation is 1. The number of fused-ring (bicyclic) bond motifs is 1. The molecule has 0 saturated carbocycles. The van der Waals surface area contributed by atoms with Crippen molar-refractivity contribution in [1.29, 1.82) is 0 Å². The van der Waals surface area contributed by atoms with Crippen LogP contribution in [0.3, 0.4) is 0 Å². The van der Waals surface area contributed by atoms with Gasteiger partial charge in [-0.15, -0.1) is 0 Å². The van der Waals surface area contributed by atoms with Crippen molar-refractivity contribution in [3.63, 3.8) is 0 Å². The molecule has 100 valence electrons. The summed E-state index contributed by atoms with van der Waals surface area (Å²) in [4.78, 5) is 7.12. The molecule has 0 bridgehead atoms. The van der Waals surface area contributed by atoms with Crippen LogP contribution in [0.4, 0.5) is 0 Å². The molecule has 1 N–H and O–H groups in total. The smallest absolute Gasteiger partial charge is 0.122 e. The van der Waals surface area contributed by atoms with Gasteiger partial charge in [-0.05, 0) is 32.2 Å². The second-order valence-corrected chi connectivity index (χ2v) is 5.56. The molecule has 2 fully saturated rings. The van der Waals surface area contributed by atoms with E-state index < -0.39 is 0 Å². The van der Waals surface area contributed by atoms with E-state index >= 15 is 0 Å². The Kier molecular flexibility index (Phi) is 3.66. The zero-order valence-corrected chi connectivity index (χ0v) is 11.3. The Hall–Kier alpha value is -0.870. The van der Waals surface area contributed by atoms with Crippen LogP contribution in [0, 0.1) is 0 Å². The highest BCUT2D eigenvalue weighted by molar-refractivity contribution is 4.98. The molecule has 3 rings (SSSR count). The lowest BCUT2D eigenvalue weighted by Gasteiger charge is -2.21. The monoisotopic (exact) mass is 248 g/mol. The molecule has 3 heterocycles. The van der Waals surface area contributed by atoms with Gasteiger partial charge < -0.3 is 9.88 Å². The zero-order valence-electron chi connectivity index (χ0n) is 11.3. The highest BCUT2D eigenvalue weighted by Crippen LogP contribution is 2.27. The molecule has 2 atom stereocenters. The van der Waals surface area contributed by atoms with E-state index in [0.717, 1.165) is 19.1 Å². The molecular weight excluding hydrogens is 224 g/mol. The summed E-state index contributed by atoms with van der Waals surface area (Å²) in [5, 5.41) is 3.73. The van der Waals surface area contributed by atoms with Crippen LogP contribution in [0.2, 0.25) is 0 Å². The van der Waals surface area contributed by atoms with E-state index in [0.29, 0.717) is 6.04 Å². The van der Waals surface area contributed by atoms with Gasteiger partial charge in [0.05, 0.1) is 6.54 Å². The van der Waals surface area contributed by atoms with Crippen molar-refractivity contribution in [2.45, 2.75) is 57.8 Å². The fraction of sp³-hybridized carbons (Fsp3) is 0.786. The lowest BCUT2D eigenvalue weighted by Crippen LogP contribution is -2.39. The number of hydrogen-bond donors (Lipinski definition) is 1. The standard InChI is InChI=1S/C14H24N4/c1-2-7-18-10-6-15-14(18)11-16-12-5-9-17-8-3-4-13(12)17/h6,10,12-13,16H,2-5,7-9,11H2,1H3. The molecular formula is C14H24N4. The number of aromatic nitrogens is 2. The normalized spacial score (nSPS) is 27.8. The maximum Gasteiger partial charge on any atom is 0.122 e. The molecule has 4 nitrogen and oxygen atoms in total. The van der Waals surface area contributed by atoms with E-state index in [1.165, 1.54) is 44.6 Å². The second-order valence-electron chi connectivity index (χ2n) is 5.56. The molecule has 2 aliphatic heterocycles. The first-order valence-corrected chi connectivity index (χ1v) is 7.36. The molecule has 2 unspecified atom stereocenters. The topological polar surface area (TPSA) is 33.1 Å². The maximum atomic E-state index is 4.47.